The van der Waals surface area contributed by atoms with Crippen molar-refractivity contribution in [2.45, 2.75) is 57.4 Å². The number of allylic oxidation sites excluding steroid dienone is 1. The SMILES string of the molecule is CC1(C)CC(=O)C2=C(C1)N(C[C@@H]1CCCO1)C(=O)[C@]2(O)C(F)(F)F. The number of aliphatic hydroxyl groups is 1. The van der Waals surface area contributed by atoms with Crippen LogP contribution in [0.1, 0.15) is 39.5 Å². The second-order valence-electron chi connectivity index (χ2n) is 7.52. The molecule has 1 saturated heterocycles. The topological polar surface area (TPSA) is 66.8 Å². The van der Waals surface area contributed by atoms with Crippen LogP contribution >= 0.6 is 0 Å². The van der Waals surface area contributed by atoms with Gasteiger partial charge in [-0.15, -0.1) is 0 Å². The Kier molecular flexibility index (Phi) is 3.84. The number of halogens is 3. The Morgan fingerprint density at radius 3 is 2.50 bits per heavy atom. The summed E-state index contributed by atoms with van der Waals surface area (Å²) in [6.07, 6.45) is -4.22. The van der Waals surface area contributed by atoms with Gasteiger partial charge >= 0.3 is 6.18 Å². The van der Waals surface area contributed by atoms with Crippen LogP contribution in [0.2, 0.25) is 0 Å². The molecule has 2 heterocycles. The molecular weight excluding hydrogens is 327 g/mol. The maximum atomic E-state index is 13.5. The lowest BCUT2D eigenvalue weighted by Gasteiger charge is -2.33. The minimum absolute atomic E-state index is 0.00317. The molecule has 0 radical (unpaired) electrons. The predicted molar refractivity (Wildman–Crippen MR) is 76.7 cm³/mol. The Morgan fingerprint density at radius 1 is 1.29 bits per heavy atom. The van der Waals surface area contributed by atoms with Gasteiger partial charge in [0.2, 0.25) is 0 Å². The van der Waals surface area contributed by atoms with Gasteiger partial charge in [0.25, 0.3) is 11.5 Å². The molecule has 0 aromatic carbocycles. The molecule has 0 aromatic rings. The van der Waals surface area contributed by atoms with Crippen molar-refractivity contribution in [2.24, 2.45) is 5.41 Å². The molecule has 5 nitrogen and oxygen atoms in total. The molecule has 1 aliphatic carbocycles. The van der Waals surface area contributed by atoms with Crippen molar-refractivity contribution < 1.29 is 32.6 Å². The summed E-state index contributed by atoms with van der Waals surface area (Å²) in [6, 6.07) is 0. The van der Waals surface area contributed by atoms with Gasteiger partial charge in [-0.05, 0) is 24.7 Å². The van der Waals surface area contributed by atoms with Crippen molar-refractivity contribution in [1.29, 1.82) is 0 Å². The molecule has 0 unspecified atom stereocenters. The first-order valence-electron chi connectivity index (χ1n) is 7.97. The molecule has 1 amide bonds. The molecule has 8 heteroatoms. The van der Waals surface area contributed by atoms with E-state index in [4.69, 9.17) is 4.74 Å². The summed E-state index contributed by atoms with van der Waals surface area (Å²) in [5.41, 5.74) is -5.11. The minimum Gasteiger partial charge on any atom is -0.376 e. The van der Waals surface area contributed by atoms with Crippen LogP contribution in [-0.4, -0.2) is 52.7 Å². The number of hydrogen-bond donors (Lipinski definition) is 1. The van der Waals surface area contributed by atoms with Crippen LogP contribution in [0.4, 0.5) is 13.2 Å². The van der Waals surface area contributed by atoms with Crippen molar-refractivity contribution >= 4 is 11.7 Å². The minimum atomic E-state index is -5.24. The first-order valence-corrected chi connectivity index (χ1v) is 7.97. The number of hydrogen-bond acceptors (Lipinski definition) is 4. The highest BCUT2D eigenvalue weighted by molar-refractivity contribution is 6.11. The van der Waals surface area contributed by atoms with E-state index in [9.17, 15) is 27.9 Å². The number of amides is 1. The fourth-order valence-electron chi connectivity index (χ4n) is 3.80. The molecule has 0 bridgehead atoms. The zero-order valence-electron chi connectivity index (χ0n) is 13.6. The molecule has 0 spiro atoms. The Labute approximate surface area is 137 Å². The second kappa shape index (κ2) is 5.29. The summed E-state index contributed by atoms with van der Waals surface area (Å²) in [5, 5.41) is 10.2. The van der Waals surface area contributed by atoms with Gasteiger partial charge in [0.15, 0.2) is 5.78 Å². The first-order chi connectivity index (χ1) is 11.0. The van der Waals surface area contributed by atoms with Crippen LogP contribution in [0.15, 0.2) is 11.3 Å². The van der Waals surface area contributed by atoms with Gasteiger partial charge in [0, 0.05) is 18.7 Å². The van der Waals surface area contributed by atoms with Gasteiger partial charge in [0.1, 0.15) is 0 Å². The zero-order chi connectivity index (χ0) is 17.9. The van der Waals surface area contributed by atoms with Crippen LogP contribution in [0.5, 0.6) is 0 Å². The average molecular weight is 347 g/mol. The molecule has 1 fully saturated rings. The van der Waals surface area contributed by atoms with E-state index in [-0.39, 0.29) is 31.2 Å². The Bertz CT molecular complexity index is 619. The number of carbonyl (C=O) groups is 2. The fourth-order valence-corrected chi connectivity index (χ4v) is 3.80. The van der Waals surface area contributed by atoms with Crippen molar-refractivity contribution in [1.82, 2.24) is 4.90 Å². The van der Waals surface area contributed by atoms with E-state index in [2.05, 4.69) is 0 Å². The molecule has 0 aromatic heterocycles. The molecule has 134 valence electrons. The number of alkyl halides is 3. The van der Waals surface area contributed by atoms with Crippen LogP contribution in [-0.2, 0) is 14.3 Å². The molecule has 24 heavy (non-hydrogen) atoms. The number of carbonyl (C=O) groups excluding carboxylic acids is 2. The third-order valence-electron chi connectivity index (χ3n) is 4.92. The lowest BCUT2D eigenvalue weighted by Crippen LogP contribution is -2.56. The maximum Gasteiger partial charge on any atom is 0.430 e. The quantitative estimate of drug-likeness (QED) is 0.829. The fraction of sp³-hybridized carbons (Fsp3) is 0.750. The summed E-state index contributed by atoms with van der Waals surface area (Å²) in [6.45, 7) is 3.94. The van der Waals surface area contributed by atoms with Gasteiger partial charge in [0.05, 0.1) is 18.2 Å². The zero-order valence-corrected chi connectivity index (χ0v) is 13.6. The molecule has 1 N–H and O–H groups in total. The van der Waals surface area contributed by atoms with E-state index in [1.54, 1.807) is 13.8 Å². The van der Waals surface area contributed by atoms with E-state index in [0.29, 0.717) is 13.0 Å². The molecular formula is C16H20F3NO4. The summed E-state index contributed by atoms with van der Waals surface area (Å²) in [5.74, 6) is -2.30. The lowest BCUT2D eigenvalue weighted by molar-refractivity contribution is -0.238. The first kappa shape index (κ1) is 17.4. The van der Waals surface area contributed by atoms with Gasteiger partial charge < -0.3 is 14.7 Å². The standard InChI is InChI=1S/C16H20F3NO4/c1-14(2)6-10-12(11(21)7-14)15(23,16(17,18)19)13(22)20(10)8-9-4-3-5-24-9/h9,23H,3-8H2,1-2H3/t9-,15-/m0/s1. The summed E-state index contributed by atoms with van der Waals surface area (Å²) in [7, 11) is 0. The highest BCUT2D eigenvalue weighted by Gasteiger charge is 2.70. The van der Waals surface area contributed by atoms with Crippen molar-refractivity contribution in [3.8, 4) is 0 Å². The number of ketones is 1. The number of rotatable bonds is 2. The Balaban J connectivity index is 2.07. The Hall–Kier alpha value is -1.41. The van der Waals surface area contributed by atoms with Crippen molar-refractivity contribution in [2.75, 3.05) is 13.2 Å². The van der Waals surface area contributed by atoms with Gasteiger partial charge in [-0.3, -0.25) is 9.59 Å². The highest BCUT2D eigenvalue weighted by atomic mass is 19.4. The molecule has 2 atom stereocenters. The molecule has 2 aliphatic heterocycles. The van der Waals surface area contributed by atoms with Gasteiger partial charge in [-0.2, -0.15) is 13.2 Å². The van der Waals surface area contributed by atoms with Crippen LogP contribution in [0, 0.1) is 5.41 Å². The number of nitrogens with zero attached hydrogens (tertiary/aromatic N) is 1. The predicted octanol–water partition coefficient (Wildman–Crippen LogP) is 1.94. The number of Topliss-reactive ketones (excluding diaryl/α,β-unsaturated/α-hetero) is 1. The maximum absolute atomic E-state index is 13.5. The van der Waals surface area contributed by atoms with Crippen LogP contribution in [0.3, 0.4) is 0 Å². The third-order valence-corrected chi connectivity index (χ3v) is 4.92. The van der Waals surface area contributed by atoms with E-state index in [1.807, 2.05) is 0 Å². The smallest absolute Gasteiger partial charge is 0.376 e. The van der Waals surface area contributed by atoms with E-state index >= 15 is 0 Å². The van der Waals surface area contributed by atoms with Crippen molar-refractivity contribution in [3.63, 3.8) is 0 Å². The third kappa shape index (κ3) is 2.47. The van der Waals surface area contributed by atoms with E-state index in [1.165, 1.54) is 0 Å². The monoisotopic (exact) mass is 347 g/mol. The summed E-state index contributed by atoms with van der Waals surface area (Å²) in [4.78, 5) is 25.8. The van der Waals surface area contributed by atoms with Gasteiger partial charge in [-0.25, -0.2) is 0 Å². The van der Waals surface area contributed by atoms with Crippen LogP contribution < -0.4 is 0 Å². The average Bonchev–Trinajstić information content (AvgIpc) is 2.99. The lowest BCUT2D eigenvalue weighted by atomic mass is 9.73. The Morgan fingerprint density at radius 2 is 1.96 bits per heavy atom. The summed E-state index contributed by atoms with van der Waals surface area (Å²) < 4.78 is 45.9. The van der Waals surface area contributed by atoms with E-state index < -0.39 is 34.5 Å². The van der Waals surface area contributed by atoms with Crippen LogP contribution in [0.25, 0.3) is 0 Å². The molecule has 3 aliphatic rings. The largest absolute Gasteiger partial charge is 0.430 e. The van der Waals surface area contributed by atoms with Crippen molar-refractivity contribution in [3.05, 3.63) is 11.3 Å². The van der Waals surface area contributed by atoms with E-state index in [0.717, 1.165) is 11.3 Å². The highest BCUT2D eigenvalue weighted by Crippen LogP contribution is 2.51. The molecule has 0 saturated carbocycles. The summed E-state index contributed by atoms with van der Waals surface area (Å²) >= 11 is 0. The second-order valence-corrected chi connectivity index (χ2v) is 7.52. The number of ether oxygens (including phenoxy) is 1. The molecule has 3 rings (SSSR count). The van der Waals surface area contributed by atoms with Gasteiger partial charge in [-0.1, -0.05) is 13.8 Å². The normalized spacial score (nSPS) is 33.4.